The molecular weight excluding hydrogens is 417 g/mol. The molecule has 33 heavy (non-hydrogen) atoms. The van der Waals surface area contributed by atoms with Crippen molar-refractivity contribution >= 4 is 13.1 Å². The number of nitrogens with zero attached hydrogens (tertiary/aromatic N) is 1. The van der Waals surface area contributed by atoms with Gasteiger partial charge in [-0.25, -0.2) is 9.78 Å². The third-order valence-corrected chi connectivity index (χ3v) is 9.77. The van der Waals surface area contributed by atoms with Gasteiger partial charge in [-0.3, -0.25) is 0 Å². The quantitative estimate of drug-likeness (QED) is 0.485. The van der Waals surface area contributed by atoms with Crippen LogP contribution in [-0.2, 0) is 20.7 Å². The molecule has 1 aliphatic heterocycles. The molecule has 1 aromatic heterocycles. The minimum Gasteiger partial charge on any atom is -0.486 e. The second-order valence-corrected chi connectivity index (χ2v) is 10.9. The van der Waals surface area contributed by atoms with Crippen LogP contribution in [0.15, 0.2) is 42.6 Å². The highest BCUT2D eigenvalue weighted by Crippen LogP contribution is 2.88. The summed E-state index contributed by atoms with van der Waals surface area (Å²) in [5.41, 5.74) is 2.33. The van der Waals surface area contributed by atoms with E-state index in [1.165, 1.54) is 13.5 Å². The van der Waals surface area contributed by atoms with Gasteiger partial charge >= 0.3 is 13.1 Å². The monoisotopic (exact) mass is 445 g/mol. The molecule has 2 aromatic rings. The summed E-state index contributed by atoms with van der Waals surface area (Å²) in [6.07, 6.45) is 5.04. The highest BCUT2D eigenvalue weighted by molar-refractivity contribution is 6.49. The van der Waals surface area contributed by atoms with Crippen molar-refractivity contribution < 1.29 is 23.6 Å². The van der Waals surface area contributed by atoms with Gasteiger partial charge < -0.3 is 18.8 Å². The Hall–Kier alpha value is -2.38. The van der Waals surface area contributed by atoms with E-state index < -0.39 is 5.97 Å². The van der Waals surface area contributed by atoms with E-state index in [4.69, 9.17) is 18.8 Å². The summed E-state index contributed by atoms with van der Waals surface area (Å²) in [5.74, 6) is 1.94. The lowest BCUT2D eigenvalue weighted by atomic mass is 9.21. The van der Waals surface area contributed by atoms with E-state index >= 15 is 0 Å². The van der Waals surface area contributed by atoms with Crippen molar-refractivity contribution in [3.05, 3.63) is 59.4 Å². The molecule has 4 saturated carbocycles. The summed E-state index contributed by atoms with van der Waals surface area (Å²) in [7, 11) is 1.18. The van der Waals surface area contributed by atoms with E-state index in [0.717, 1.165) is 29.9 Å². The number of methoxy groups -OCH3 is 1. The first kappa shape index (κ1) is 20.0. The zero-order valence-corrected chi connectivity index (χ0v) is 19.2. The number of carbonyl (C=O) groups excluding carboxylic acids is 1. The molecule has 5 aliphatic rings. The Labute approximate surface area is 194 Å². The molecule has 4 unspecified atom stereocenters. The summed E-state index contributed by atoms with van der Waals surface area (Å²) >= 11 is 0. The van der Waals surface area contributed by atoms with Crippen molar-refractivity contribution in [3.63, 3.8) is 0 Å². The third-order valence-electron chi connectivity index (χ3n) is 9.77. The summed E-state index contributed by atoms with van der Waals surface area (Å²) in [6, 6.07) is 11.9. The Kier molecular flexibility index (Phi) is 3.88. The largest absolute Gasteiger partial charge is 0.486 e. The van der Waals surface area contributed by atoms with Gasteiger partial charge in [0.1, 0.15) is 6.61 Å². The number of ether oxygens (including phenoxy) is 2. The van der Waals surface area contributed by atoms with Crippen molar-refractivity contribution in [2.24, 2.45) is 17.3 Å². The summed E-state index contributed by atoms with van der Waals surface area (Å²) in [5, 5.41) is 0. The number of pyridine rings is 1. The number of esters is 1. The molecule has 7 heteroatoms. The van der Waals surface area contributed by atoms with Gasteiger partial charge in [0.15, 0.2) is 11.4 Å². The van der Waals surface area contributed by atoms with Gasteiger partial charge in [0, 0.05) is 23.0 Å². The standard InChI is InChI=1S/C26H28BNO5/c1-24-16-11-20(24)25(2)26(24,13-16)33-27(32-25)19-12-18(19)17-9-10-28-21(23(29)30-3)22(17)31-14-15-7-5-4-6-8-15/h4-10,16,18-20H,11-14H2,1-3H3/t16?,18-,19-,20?,24?,25+,26?/m1/s1. The van der Waals surface area contributed by atoms with Crippen molar-refractivity contribution in [1.82, 2.24) is 4.98 Å². The average molecular weight is 445 g/mol. The first-order valence-electron chi connectivity index (χ1n) is 12.0. The minimum absolute atomic E-state index is 0.0898. The van der Waals surface area contributed by atoms with Crippen LogP contribution in [0.2, 0.25) is 5.82 Å². The summed E-state index contributed by atoms with van der Waals surface area (Å²) in [6.45, 7) is 5.02. The van der Waals surface area contributed by atoms with Crippen molar-refractivity contribution in [2.45, 2.75) is 62.7 Å². The molecule has 5 fully saturated rings. The van der Waals surface area contributed by atoms with E-state index in [9.17, 15) is 4.79 Å². The number of fused-ring (bicyclic) bond motifs is 1. The second kappa shape index (κ2) is 6.39. The van der Waals surface area contributed by atoms with Crippen molar-refractivity contribution in [1.29, 1.82) is 0 Å². The highest BCUT2D eigenvalue weighted by Gasteiger charge is 2.94. The fourth-order valence-corrected chi connectivity index (χ4v) is 7.84. The van der Waals surface area contributed by atoms with Gasteiger partial charge in [-0.15, -0.1) is 0 Å². The zero-order valence-electron chi connectivity index (χ0n) is 19.2. The molecule has 0 N–H and O–H groups in total. The fraction of sp³-hybridized carbons (Fsp3) is 0.538. The number of hydrogen-bond donors (Lipinski definition) is 0. The van der Waals surface area contributed by atoms with Gasteiger partial charge in [0.25, 0.3) is 0 Å². The van der Waals surface area contributed by atoms with Crippen LogP contribution in [0.4, 0.5) is 0 Å². The minimum atomic E-state index is -0.486. The number of benzene rings is 1. The van der Waals surface area contributed by atoms with Gasteiger partial charge in [0.05, 0.1) is 18.3 Å². The lowest BCUT2D eigenvalue weighted by Gasteiger charge is -2.87. The van der Waals surface area contributed by atoms with Crippen LogP contribution in [0.1, 0.15) is 60.6 Å². The molecule has 2 heterocycles. The predicted octanol–water partition coefficient (Wildman–Crippen LogP) is 4.40. The van der Waals surface area contributed by atoms with Gasteiger partial charge in [-0.2, -0.15) is 0 Å². The topological polar surface area (TPSA) is 66.9 Å². The van der Waals surface area contributed by atoms with Crippen LogP contribution in [0.25, 0.3) is 0 Å². The molecule has 1 spiro atoms. The fourth-order valence-electron chi connectivity index (χ4n) is 7.84. The molecule has 1 aromatic carbocycles. The Balaban J connectivity index is 1.15. The molecular formula is C26H28BNO5. The third kappa shape index (κ3) is 2.28. The van der Waals surface area contributed by atoms with Crippen LogP contribution in [0.5, 0.6) is 5.75 Å². The Morgan fingerprint density at radius 3 is 2.70 bits per heavy atom. The Bertz CT molecular complexity index is 1160. The second-order valence-electron chi connectivity index (χ2n) is 10.9. The molecule has 0 bridgehead atoms. The molecule has 0 amide bonds. The number of aromatic nitrogens is 1. The van der Waals surface area contributed by atoms with Gasteiger partial charge in [0.2, 0.25) is 0 Å². The maximum absolute atomic E-state index is 12.5. The molecule has 7 rings (SSSR count). The lowest BCUT2D eigenvalue weighted by Crippen LogP contribution is -2.92. The van der Waals surface area contributed by atoms with Crippen molar-refractivity contribution in [2.75, 3.05) is 7.11 Å². The van der Waals surface area contributed by atoms with Crippen LogP contribution in [0.3, 0.4) is 0 Å². The SMILES string of the molecule is COC(=O)c1nccc([C@H]2C[C@H]2B2OC34CC5CC(C53C)[C@]4(C)O2)c1OCc1ccccc1. The first-order valence-corrected chi connectivity index (χ1v) is 12.0. The van der Waals surface area contributed by atoms with Crippen LogP contribution in [0, 0.1) is 17.3 Å². The molecule has 170 valence electrons. The van der Waals surface area contributed by atoms with Gasteiger partial charge in [-0.1, -0.05) is 37.3 Å². The van der Waals surface area contributed by atoms with E-state index in [0.29, 0.717) is 23.7 Å². The van der Waals surface area contributed by atoms with E-state index in [1.54, 1.807) is 6.20 Å². The summed E-state index contributed by atoms with van der Waals surface area (Å²) in [4.78, 5) is 16.8. The smallest absolute Gasteiger partial charge is 0.461 e. The lowest BCUT2D eigenvalue weighted by molar-refractivity contribution is -0.429. The Morgan fingerprint density at radius 1 is 1.18 bits per heavy atom. The normalized spacial score (nSPS) is 41.1. The average Bonchev–Trinajstić information content (AvgIpc) is 3.57. The Morgan fingerprint density at radius 2 is 2.00 bits per heavy atom. The van der Waals surface area contributed by atoms with Crippen molar-refractivity contribution in [3.8, 4) is 5.75 Å². The molecule has 4 aliphatic carbocycles. The van der Waals surface area contributed by atoms with Crippen LogP contribution >= 0.6 is 0 Å². The van der Waals surface area contributed by atoms with E-state index in [2.05, 4.69) is 18.8 Å². The number of hydrogen-bond acceptors (Lipinski definition) is 6. The first-order chi connectivity index (χ1) is 15.9. The zero-order chi connectivity index (χ0) is 22.6. The number of rotatable bonds is 6. The predicted molar refractivity (Wildman–Crippen MR) is 121 cm³/mol. The van der Waals surface area contributed by atoms with E-state index in [-0.39, 0.29) is 35.7 Å². The van der Waals surface area contributed by atoms with Gasteiger partial charge in [-0.05, 0) is 55.6 Å². The molecule has 6 nitrogen and oxygen atoms in total. The maximum atomic E-state index is 12.5. The highest BCUT2D eigenvalue weighted by atomic mass is 16.7. The molecule has 0 radical (unpaired) electrons. The maximum Gasteiger partial charge on any atom is 0.461 e. The number of carbonyl (C=O) groups is 1. The molecule has 1 saturated heterocycles. The molecule has 7 atom stereocenters. The van der Waals surface area contributed by atoms with E-state index in [1.807, 2.05) is 36.4 Å². The van der Waals surface area contributed by atoms with Crippen LogP contribution in [-0.4, -0.2) is 36.4 Å². The summed E-state index contributed by atoms with van der Waals surface area (Å²) < 4.78 is 24.6. The van der Waals surface area contributed by atoms with Crippen LogP contribution < -0.4 is 4.74 Å².